The fourth-order valence-electron chi connectivity index (χ4n) is 1.08. The molecular formula is C10H12O4. The lowest BCUT2D eigenvalue weighted by molar-refractivity contribution is 0.0600. The van der Waals surface area contributed by atoms with Crippen LogP contribution in [0.3, 0.4) is 0 Å². The van der Waals surface area contributed by atoms with Gasteiger partial charge < -0.3 is 14.2 Å². The van der Waals surface area contributed by atoms with E-state index in [0.717, 1.165) is 0 Å². The lowest BCUT2D eigenvalue weighted by Crippen LogP contribution is -2.02. The molecule has 0 heterocycles. The van der Waals surface area contributed by atoms with Gasteiger partial charge in [0, 0.05) is 0 Å². The van der Waals surface area contributed by atoms with Gasteiger partial charge in [0.2, 0.25) is 0 Å². The van der Waals surface area contributed by atoms with Gasteiger partial charge >= 0.3 is 5.97 Å². The summed E-state index contributed by atoms with van der Waals surface area (Å²) in [5.41, 5.74) is 0.435. The first-order valence-corrected chi connectivity index (χ1v) is 4.03. The van der Waals surface area contributed by atoms with Crippen LogP contribution < -0.4 is 9.47 Å². The lowest BCUT2D eigenvalue weighted by Gasteiger charge is -2.08. The first-order valence-electron chi connectivity index (χ1n) is 4.03. The average molecular weight is 197 g/mol. The van der Waals surface area contributed by atoms with Crippen molar-refractivity contribution >= 4 is 5.97 Å². The van der Waals surface area contributed by atoms with E-state index in [4.69, 9.17) is 9.47 Å². The molecule has 4 nitrogen and oxygen atoms in total. The van der Waals surface area contributed by atoms with Crippen LogP contribution in [0.15, 0.2) is 18.2 Å². The van der Waals surface area contributed by atoms with Gasteiger partial charge in [0.05, 0.1) is 26.9 Å². The van der Waals surface area contributed by atoms with Gasteiger partial charge in [-0.1, -0.05) is 0 Å². The lowest BCUT2D eigenvalue weighted by atomic mass is 10.3. The fraction of sp³-hybridized carbons (Fsp3) is 0.300. The first kappa shape index (κ1) is 10.4. The van der Waals surface area contributed by atoms with Crippen molar-refractivity contribution < 1.29 is 19.0 Å². The SMILES string of the molecule is COC(=O)[13c]1ccc(OC)c(OC)c1. The molecule has 1 aromatic carbocycles. The third-order valence-corrected chi connectivity index (χ3v) is 1.80. The molecule has 0 aliphatic heterocycles. The zero-order valence-electron chi connectivity index (χ0n) is 8.37. The molecule has 0 atom stereocenters. The molecule has 1 aromatic rings. The minimum atomic E-state index is -0.397. The van der Waals surface area contributed by atoms with Gasteiger partial charge in [0.15, 0.2) is 11.5 Å². The fourth-order valence-corrected chi connectivity index (χ4v) is 1.08. The maximum Gasteiger partial charge on any atom is 0.337 e. The van der Waals surface area contributed by atoms with Gasteiger partial charge in [-0.25, -0.2) is 4.79 Å². The maximum absolute atomic E-state index is 11.2. The van der Waals surface area contributed by atoms with Crippen molar-refractivity contribution in [2.45, 2.75) is 0 Å². The van der Waals surface area contributed by atoms with Crippen LogP contribution in [0, 0.1) is 0 Å². The van der Waals surface area contributed by atoms with Gasteiger partial charge in [-0.2, -0.15) is 0 Å². The molecule has 0 radical (unpaired) electrons. The van der Waals surface area contributed by atoms with Crippen molar-refractivity contribution in [1.82, 2.24) is 0 Å². The van der Waals surface area contributed by atoms with Crippen molar-refractivity contribution in [3.05, 3.63) is 23.8 Å². The van der Waals surface area contributed by atoms with Crippen molar-refractivity contribution in [1.29, 1.82) is 0 Å². The zero-order valence-corrected chi connectivity index (χ0v) is 8.37. The monoisotopic (exact) mass is 197 g/mol. The van der Waals surface area contributed by atoms with E-state index in [0.29, 0.717) is 17.1 Å². The second-order valence-corrected chi connectivity index (χ2v) is 2.56. The predicted molar refractivity (Wildman–Crippen MR) is 50.9 cm³/mol. The maximum atomic E-state index is 11.2. The number of methoxy groups -OCH3 is 3. The smallest absolute Gasteiger partial charge is 0.337 e. The Labute approximate surface area is 82.4 Å². The highest BCUT2D eigenvalue weighted by atomic mass is 16.5. The van der Waals surface area contributed by atoms with Crippen LogP contribution in [-0.4, -0.2) is 27.3 Å². The molecule has 0 fully saturated rings. The molecule has 76 valence electrons. The number of benzene rings is 1. The van der Waals surface area contributed by atoms with Crippen LogP contribution in [0.2, 0.25) is 0 Å². The second-order valence-electron chi connectivity index (χ2n) is 2.56. The van der Waals surface area contributed by atoms with E-state index in [9.17, 15) is 4.79 Å². The Balaban J connectivity index is 3.07. The Morgan fingerprint density at radius 2 is 1.71 bits per heavy atom. The summed E-state index contributed by atoms with van der Waals surface area (Å²) in [6.07, 6.45) is 0. The topological polar surface area (TPSA) is 44.8 Å². The highest BCUT2D eigenvalue weighted by Gasteiger charge is 2.09. The Kier molecular flexibility index (Phi) is 3.34. The molecule has 14 heavy (non-hydrogen) atoms. The molecule has 0 amide bonds. The zero-order chi connectivity index (χ0) is 10.6. The second kappa shape index (κ2) is 4.50. The number of rotatable bonds is 3. The van der Waals surface area contributed by atoms with Crippen LogP contribution in [0.1, 0.15) is 10.4 Å². The minimum absolute atomic E-state index is 0.397. The number of hydrogen-bond donors (Lipinski definition) is 0. The summed E-state index contributed by atoms with van der Waals surface area (Å²) in [5, 5.41) is 0. The van der Waals surface area contributed by atoms with E-state index in [2.05, 4.69) is 4.74 Å². The van der Waals surface area contributed by atoms with Gasteiger partial charge in [-0.05, 0) is 18.2 Å². The van der Waals surface area contributed by atoms with E-state index in [1.807, 2.05) is 0 Å². The molecule has 0 bridgehead atoms. The highest BCUT2D eigenvalue weighted by Crippen LogP contribution is 2.27. The first-order chi connectivity index (χ1) is 6.72. The Morgan fingerprint density at radius 3 is 2.21 bits per heavy atom. The van der Waals surface area contributed by atoms with Crippen LogP contribution in [-0.2, 0) is 4.74 Å². The molecule has 0 saturated heterocycles. The minimum Gasteiger partial charge on any atom is -0.493 e. The van der Waals surface area contributed by atoms with Crippen LogP contribution in [0.25, 0.3) is 0 Å². The van der Waals surface area contributed by atoms with Gasteiger partial charge in [-0.3, -0.25) is 0 Å². The number of carbonyl (C=O) groups is 1. The van der Waals surface area contributed by atoms with Crippen molar-refractivity contribution in [2.75, 3.05) is 21.3 Å². The summed E-state index contributed by atoms with van der Waals surface area (Å²) >= 11 is 0. The van der Waals surface area contributed by atoms with Crippen molar-refractivity contribution in [2.24, 2.45) is 0 Å². The third kappa shape index (κ3) is 1.96. The Hall–Kier alpha value is -1.71. The number of esters is 1. The van der Waals surface area contributed by atoms with Gasteiger partial charge in [0.1, 0.15) is 0 Å². The molecule has 0 aliphatic rings. The largest absolute Gasteiger partial charge is 0.493 e. The Bertz CT molecular complexity index is 333. The molecule has 0 spiro atoms. The number of hydrogen-bond acceptors (Lipinski definition) is 4. The normalized spacial score (nSPS) is 9.36. The number of ether oxygens (including phenoxy) is 3. The quantitative estimate of drug-likeness (QED) is 0.688. The van der Waals surface area contributed by atoms with E-state index in [1.165, 1.54) is 21.3 Å². The summed E-state index contributed by atoms with van der Waals surface area (Å²) in [4.78, 5) is 11.2. The molecule has 0 unspecified atom stereocenters. The van der Waals surface area contributed by atoms with E-state index >= 15 is 0 Å². The predicted octanol–water partition coefficient (Wildman–Crippen LogP) is 1.49. The van der Waals surface area contributed by atoms with Crippen molar-refractivity contribution in [3.8, 4) is 11.5 Å². The summed E-state index contributed by atoms with van der Waals surface area (Å²) < 4.78 is 14.6. The van der Waals surface area contributed by atoms with E-state index < -0.39 is 5.97 Å². The Morgan fingerprint density at radius 1 is 1.07 bits per heavy atom. The molecule has 0 aliphatic carbocycles. The summed E-state index contributed by atoms with van der Waals surface area (Å²) in [6, 6.07) is 4.85. The van der Waals surface area contributed by atoms with Gasteiger partial charge in [-0.15, -0.1) is 0 Å². The van der Waals surface area contributed by atoms with E-state index in [1.54, 1.807) is 18.2 Å². The molecule has 1 rings (SSSR count). The summed E-state index contributed by atoms with van der Waals surface area (Å²) in [7, 11) is 4.38. The van der Waals surface area contributed by atoms with Crippen LogP contribution in [0.5, 0.6) is 11.5 Å². The molecular weight excluding hydrogens is 185 g/mol. The third-order valence-electron chi connectivity index (χ3n) is 1.80. The molecule has 0 N–H and O–H groups in total. The molecule has 0 aromatic heterocycles. The van der Waals surface area contributed by atoms with Crippen LogP contribution >= 0.6 is 0 Å². The van der Waals surface area contributed by atoms with Crippen molar-refractivity contribution in [3.63, 3.8) is 0 Å². The number of carbonyl (C=O) groups excluding carboxylic acids is 1. The van der Waals surface area contributed by atoms with Gasteiger partial charge in [0.25, 0.3) is 0 Å². The molecule has 0 saturated carbocycles. The highest BCUT2D eigenvalue weighted by molar-refractivity contribution is 5.90. The van der Waals surface area contributed by atoms with E-state index in [-0.39, 0.29) is 0 Å². The summed E-state index contributed by atoms with van der Waals surface area (Å²) in [5.74, 6) is 0.696. The molecule has 4 heteroatoms. The summed E-state index contributed by atoms with van der Waals surface area (Å²) in [6.45, 7) is 0. The standard InChI is InChI=1S/C10H12O4/c1-12-8-5-4-7(10(11)14-3)6-9(8)13-2/h4-6H,1-3H3/i7+1. The van der Waals surface area contributed by atoms with Crippen LogP contribution in [0.4, 0.5) is 0 Å². The average Bonchev–Trinajstić information content (AvgIpc) is 2.26.